The van der Waals surface area contributed by atoms with Crippen molar-refractivity contribution in [3.63, 3.8) is 0 Å². The van der Waals surface area contributed by atoms with Gasteiger partial charge in [-0.25, -0.2) is 0 Å². The fourth-order valence-corrected chi connectivity index (χ4v) is 1.78. The van der Waals surface area contributed by atoms with Gasteiger partial charge < -0.3 is 10.1 Å². The van der Waals surface area contributed by atoms with E-state index in [2.05, 4.69) is 27.0 Å². The Labute approximate surface area is 89.1 Å². The van der Waals surface area contributed by atoms with Gasteiger partial charge in [0, 0.05) is 11.6 Å². The minimum absolute atomic E-state index is 0.187. The van der Waals surface area contributed by atoms with Crippen molar-refractivity contribution in [2.24, 2.45) is 0 Å². The van der Waals surface area contributed by atoms with Crippen molar-refractivity contribution in [2.75, 3.05) is 0 Å². The molecule has 1 heterocycles. The number of benzene rings is 1. The Bertz CT molecular complexity index is 525. The first kappa shape index (κ1) is 9.10. The molecule has 2 N–H and O–H groups in total. The maximum Gasteiger partial charge on any atom is 0.153 e. The second kappa shape index (κ2) is 3.35. The zero-order valence-electron chi connectivity index (χ0n) is 7.21. The smallest absolute Gasteiger partial charge is 0.153 e. The van der Waals surface area contributed by atoms with Gasteiger partial charge in [0.25, 0.3) is 0 Å². The minimum Gasteiger partial charge on any atom is -0.505 e. The van der Waals surface area contributed by atoms with E-state index in [-0.39, 0.29) is 5.75 Å². The molecule has 0 bridgehead atoms. The van der Waals surface area contributed by atoms with Crippen molar-refractivity contribution in [3.8, 4) is 11.8 Å². The molecule has 1 aromatic carbocycles. The lowest BCUT2D eigenvalue weighted by atomic mass is 10.1. The summed E-state index contributed by atoms with van der Waals surface area (Å²) in [4.78, 5) is 2.95. The molecule has 2 rings (SSSR count). The number of phenols is 1. The Hall–Kier alpha value is -1.47. The maximum atomic E-state index is 9.68. The normalized spacial score (nSPS) is 10.3. The monoisotopic (exact) mass is 250 g/mol. The Morgan fingerprint density at radius 3 is 3.00 bits per heavy atom. The molecule has 0 unspecified atom stereocenters. The molecule has 0 radical (unpaired) electrons. The number of nitriles is 1. The van der Waals surface area contributed by atoms with Crippen LogP contribution in [0.25, 0.3) is 10.9 Å². The Morgan fingerprint density at radius 2 is 2.29 bits per heavy atom. The summed E-state index contributed by atoms with van der Waals surface area (Å²) in [5.74, 6) is 0.187. The summed E-state index contributed by atoms with van der Waals surface area (Å²) in [5, 5.41) is 19.2. The van der Waals surface area contributed by atoms with Gasteiger partial charge in [0.1, 0.15) is 0 Å². The van der Waals surface area contributed by atoms with E-state index in [1.54, 1.807) is 12.3 Å². The highest BCUT2D eigenvalue weighted by Crippen LogP contribution is 2.33. The molecule has 0 fully saturated rings. The molecular weight excluding hydrogens is 244 g/mol. The van der Waals surface area contributed by atoms with Gasteiger partial charge in [0.15, 0.2) is 5.75 Å². The van der Waals surface area contributed by atoms with Crippen molar-refractivity contribution in [2.45, 2.75) is 6.42 Å². The average molecular weight is 251 g/mol. The molecule has 14 heavy (non-hydrogen) atoms. The average Bonchev–Trinajstić information content (AvgIpc) is 2.57. The molecule has 4 heteroatoms. The van der Waals surface area contributed by atoms with Crippen LogP contribution < -0.4 is 0 Å². The standard InChI is InChI=1S/C10H7BrN2O/c11-8-2-1-7-6(3-4-12)5-13-9(7)10(8)14/h1-2,5,13-14H,3H2. The second-order valence-electron chi connectivity index (χ2n) is 2.97. The van der Waals surface area contributed by atoms with Crippen LogP contribution in [0.4, 0.5) is 0 Å². The van der Waals surface area contributed by atoms with E-state index in [0.29, 0.717) is 16.4 Å². The summed E-state index contributed by atoms with van der Waals surface area (Å²) >= 11 is 3.23. The third-order valence-electron chi connectivity index (χ3n) is 2.13. The maximum absolute atomic E-state index is 9.68. The van der Waals surface area contributed by atoms with Crippen LogP contribution in [-0.2, 0) is 6.42 Å². The predicted octanol–water partition coefficient (Wildman–Crippen LogP) is 2.70. The van der Waals surface area contributed by atoms with Gasteiger partial charge in [-0.05, 0) is 27.6 Å². The molecule has 0 atom stereocenters. The predicted molar refractivity (Wildman–Crippen MR) is 57.0 cm³/mol. The van der Waals surface area contributed by atoms with E-state index in [1.165, 1.54) is 0 Å². The van der Waals surface area contributed by atoms with Crippen molar-refractivity contribution in [3.05, 3.63) is 28.4 Å². The summed E-state index contributed by atoms with van der Waals surface area (Å²) in [6.45, 7) is 0. The van der Waals surface area contributed by atoms with Gasteiger partial charge in [-0.15, -0.1) is 0 Å². The van der Waals surface area contributed by atoms with Gasteiger partial charge in [0.05, 0.1) is 22.5 Å². The van der Waals surface area contributed by atoms with Gasteiger partial charge in [-0.3, -0.25) is 0 Å². The van der Waals surface area contributed by atoms with E-state index in [9.17, 15) is 5.11 Å². The van der Waals surface area contributed by atoms with Gasteiger partial charge in [-0.2, -0.15) is 5.26 Å². The molecule has 0 saturated heterocycles. The number of nitrogens with zero attached hydrogens (tertiary/aromatic N) is 1. The van der Waals surface area contributed by atoms with Crippen LogP contribution in [0.15, 0.2) is 22.8 Å². The third kappa shape index (κ3) is 1.26. The number of hydrogen-bond donors (Lipinski definition) is 2. The van der Waals surface area contributed by atoms with Crippen LogP contribution in [0.3, 0.4) is 0 Å². The van der Waals surface area contributed by atoms with Crippen molar-refractivity contribution < 1.29 is 5.11 Å². The van der Waals surface area contributed by atoms with Gasteiger partial charge in [0.2, 0.25) is 0 Å². The minimum atomic E-state index is 0.187. The number of fused-ring (bicyclic) bond motifs is 1. The number of nitrogens with one attached hydrogen (secondary N) is 1. The van der Waals surface area contributed by atoms with Gasteiger partial charge >= 0.3 is 0 Å². The number of hydrogen-bond acceptors (Lipinski definition) is 2. The van der Waals surface area contributed by atoms with E-state index < -0.39 is 0 Å². The highest BCUT2D eigenvalue weighted by molar-refractivity contribution is 9.10. The molecule has 0 aliphatic rings. The number of halogens is 1. The number of aromatic hydroxyl groups is 1. The fourth-order valence-electron chi connectivity index (χ4n) is 1.45. The first-order valence-electron chi connectivity index (χ1n) is 4.08. The SMILES string of the molecule is N#CCc1c[nH]c2c(O)c(Br)ccc12. The molecule has 3 nitrogen and oxygen atoms in total. The molecule has 0 aliphatic heterocycles. The molecule has 1 aromatic heterocycles. The molecule has 2 aromatic rings. The van der Waals surface area contributed by atoms with Crippen LogP contribution in [0, 0.1) is 11.3 Å². The van der Waals surface area contributed by atoms with E-state index >= 15 is 0 Å². The number of aromatic amines is 1. The topological polar surface area (TPSA) is 59.8 Å². The zero-order chi connectivity index (χ0) is 10.1. The Kier molecular flexibility index (Phi) is 2.18. The summed E-state index contributed by atoms with van der Waals surface area (Å²) in [5.41, 5.74) is 1.58. The van der Waals surface area contributed by atoms with Crippen LogP contribution >= 0.6 is 15.9 Å². The lowest BCUT2D eigenvalue weighted by Gasteiger charge is -1.98. The number of phenolic OH excluding ortho intramolecular Hbond substituents is 1. The number of rotatable bonds is 1. The van der Waals surface area contributed by atoms with Crippen molar-refractivity contribution in [1.29, 1.82) is 5.26 Å². The molecule has 70 valence electrons. The molecule has 0 spiro atoms. The lowest BCUT2D eigenvalue weighted by Crippen LogP contribution is -1.77. The quantitative estimate of drug-likeness (QED) is 0.818. The van der Waals surface area contributed by atoms with Gasteiger partial charge in [-0.1, -0.05) is 6.07 Å². The highest BCUT2D eigenvalue weighted by atomic mass is 79.9. The Morgan fingerprint density at radius 1 is 1.50 bits per heavy atom. The Balaban J connectivity index is 2.72. The van der Waals surface area contributed by atoms with Crippen molar-refractivity contribution >= 4 is 26.8 Å². The van der Waals surface area contributed by atoms with Crippen molar-refractivity contribution in [1.82, 2.24) is 4.98 Å². The largest absolute Gasteiger partial charge is 0.505 e. The van der Waals surface area contributed by atoms with Crippen LogP contribution in [-0.4, -0.2) is 10.1 Å². The number of aromatic nitrogens is 1. The molecule has 0 saturated carbocycles. The third-order valence-corrected chi connectivity index (χ3v) is 2.77. The summed E-state index contributed by atoms with van der Waals surface area (Å²) in [7, 11) is 0. The number of H-pyrrole nitrogens is 1. The zero-order valence-corrected chi connectivity index (χ0v) is 8.80. The summed E-state index contributed by atoms with van der Waals surface area (Å²) in [6.07, 6.45) is 2.10. The first-order valence-corrected chi connectivity index (χ1v) is 4.87. The summed E-state index contributed by atoms with van der Waals surface area (Å²) in [6, 6.07) is 5.73. The van der Waals surface area contributed by atoms with Crippen LogP contribution in [0.1, 0.15) is 5.56 Å². The molecular formula is C10H7BrN2O. The van der Waals surface area contributed by atoms with Crippen LogP contribution in [0.5, 0.6) is 5.75 Å². The highest BCUT2D eigenvalue weighted by Gasteiger charge is 2.08. The van der Waals surface area contributed by atoms with Crippen LogP contribution in [0.2, 0.25) is 0 Å². The molecule has 0 aliphatic carbocycles. The van der Waals surface area contributed by atoms with E-state index in [1.807, 2.05) is 6.07 Å². The van der Waals surface area contributed by atoms with E-state index in [0.717, 1.165) is 10.9 Å². The fraction of sp³-hybridized carbons (Fsp3) is 0.100. The van der Waals surface area contributed by atoms with E-state index in [4.69, 9.17) is 5.26 Å². The first-order chi connectivity index (χ1) is 6.74. The second-order valence-corrected chi connectivity index (χ2v) is 3.82. The summed E-state index contributed by atoms with van der Waals surface area (Å²) < 4.78 is 0.648. The molecule has 0 amide bonds. The lowest BCUT2D eigenvalue weighted by molar-refractivity contribution is 0.477.